The zero-order valence-corrected chi connectivity index (χ0v) is 20.0. The highest BCUT2D eigenvalue weighted by Gasteiger charge is 2.30. The lowest BCUT2D eigenvalue weighted by atomic mass is 10.1. The smallest absolute Gasteiger partial charge is 0.357 e. The molecule has 1 N–H and O–H groups in total. The summed E-state index contributed by atoms with van der Waals surface area (Å²) in [5.74, 6) is 0.767. The number of nitrogens with one attached hydrogen (secondary N) is 1. The molecule has 1 aliphatic heterocycles. The summed E-state index contributed by atoms with van der Waals surface area (Å²) in [7, 11) is 4.04. The Balaban J connectivity index is 0.00000420. The molecule has 1 aromatic rings. The molecule has 0 bridgehead atoms. The molecule has 9 heteroatoms. The molecule has 166 valence electrons. The maximum Gasteiger partial charge on any atom is 0.416 e. The molecule has 1 aliphatic rings. The fourth-order valence-corrected chi connectivity index (χ4v) is 3.21. The third-order valence-corrected chi connectivity index (χ3v) is 5.06. The third-order valence-electron chi connectivity index (χ3n) is 5.06. The Bertz CT molecular complexity index is 628. The number of guanidine groups is 1. The number of likely N-dealkylation sites (N-methyl/N-ethyl adjacent to an activating group) is 1. The number of hydrogen-bond acceptors (Lipinski definition) is 3. The van der Waals surface area contributed by atoms with E-state index in [2.05, 4.69) is 29.1 Å². The molecule has 1 aromatic carbocycles. The van der Waals surface area contributed by atoms with Gasteiger partial charge in [0.25, 0.3) is 0 Å². The Morgan fingerprint density at radius 1 is 1.17 bits per heavy atom. The maximum absolute atomic E-state index is 12.7. The highest BCUT2D eigenvalue weighted by atomic mass is 127. The van der Waals surface area contributed by atoms with Crippen LogP contribution >= 0.6 is 24.0 Å². The minimum Gasteiger partial charge on any atom is -0.357 e. The van der Waals surface area contributed by atoms with Gasteiger partial charge in [0.15, 0.2) is 5.96 Å². The van der Waals surface area contributed by atoms with E-state index in [1.165, 1.54) is 12.1 Å². The molecule has 1 saturated heterocycles. The number of halogens is 4. The van der Waals surface area contributed by atoms with Gasteiger partial charge in [0, 0.05) is 52.4 Å². The van der Waals surface area contributed by atoms with Crippen molar-refractivity contribution in [2.24, 2.45) is 4.99 Å². The Morgan fingerprint density at radius 2 is 1.76 bits per heavy atom. The second kappa shape index (κ2) is 11.9. The summed E-state index contributed by atoms with van der Waals surface area (Å²) < 4.78 is 38.1. The van der Waals surface area contributed by atoms with E-state index in [-0.39, 0.29) is 24.0 Å². The highest BCUT2D eigenvalue weighted by Crippen LogP contribution is 2.29. The first-order chi connectivity index (χ1) is 13.2. The van der Waals surface area contributed by atoms with Crippen molar-refractivity contribution in [3.8, 4) is 0 Å². The molecular formula is C20H33F3IN5. The molecule has 29 heavy (non-hydrogen) atoms. The number of piperazine rings is 1. The number of alkyl halides is 3. The van der Waals surface area contributed by atoms with Crippen molar-refractivity contribution in [2.45, 2.75) is 32.6 Å². The summed E-state index contributed by atoms with van der Waals surface area (Å²) in [6, 6.07) is 5.65. The molecule has 1 heterocycles. The lowest BCUT2D eigenvalue weighted by Gasteiger charge is -2.36. The normalized spacial score (nSPS) is 17.6. The average Bonchev–Trinajstić information content (AvgIpc) is 2.65. The van der Waals surface area contributed by atoms with Crippen LogP contribution in [0.5, 0.6) is 0 Å². The number of hydrogen-bond donors (Lipinski definition) is 1. The molecule has 0 aliphatic carbocycles. The predicted molar refractivity (Wildman–Crippen MR) is 123 cm³/mol. The van der Waals surface area contributed by atoms with Crippen LogP contribution in [0, 0.1) is 0 Å². The topological polar surface area (TPSA) is 34.1 Å². The van der Waals surface area contributed by atoms with E-state index >= 15 is 0 Å². The first-order valence-corrected chi connectivity index (χ1v) is 9.79. The van der Waals surface area contributed by atoms with Gasteiger partial charge in [-0.2, -0.15) is 13.2 Å². The van der Waals surface area contributed by atoms with Gasteiger partial charge in [-0.15, -0.1) is 24.0 Å². The summed E-state index contributed by atoms with van der Waals surface area (Å²) in [6.45, 7) is 10.3. The van der Waals surface area contributed by atoms with Crippen LogP contribution in [0.1, 0.15) is 25.0 Å². The van der Waals surface area contributed by atoms with Crippen LogP contribution in [-0.2, 0) is 12.7 Å². The monoisotopic (exact) mass is 527 g/mol. The zero-order valence-electron chi connectivity index (χ0n) is 17.7. The lowest BCUT2D eigenvalue weighted by Crippen LogP contribution is -2.49. The third kappa shape index (κ3) is 8.29. The van der Waals surface area contributed by atoms with E-state index in [0.717, 1.165) is 56.4 Å². The predicted octanol–water partition coefficient (Wildman–Crippen LogP) is 3.36. The largest absolute Gasteiger partial charge is 0.416 e. The molecule has 2 rings (SSSR count). The Morgan fingerprint density at radius 3 is 2.28 bits per heavy atom. The summed E-state index contributed by atoms with van der Waals surface area (Å²) in [5.41, 5.74) is 0.189. The van der Waals surface area contributed by atoms with Gasteiger partial charge in [0.05, 0.1) is 12.1 Å². The SMILES string of the molecule is CCNC(=NCC(C)N1CCN(C)CC1)N(C)Cc1ccc(C(F)(F)F)cc1.I. The summed E-state index contributed by atoms with van der Waals surface area (Å²) in [5, 5.41) is 3.27. The number of aliphatic imine (C=N–C) groups is 1. The molecule has 0 aromatic heterocycles. The Labute approximate surface area is 189 Å². The minimum absolute atomic E-state index is 0. The van der Waals surface area contributed by atoms with E-state index in [4.69, 9.17) is 4.99 Å². The van der Waals surface area contributed by atoms with Crippen LogP contribution in [-0.4, -0.2) is 80.1 Å². The fourth-order valence-electron chi connectivity index (χ4n) is 3.21. The molecule has 0 spiro atoms. The van der Waals surface area contributed by atoms with Crippen molar-refractivity contribution in [3.05, 3.63) is 35.4 Å². The number of nitrogens with zero attached hydrogens (tertiary/aromatic N) is 4. The molecule has 0 amide bonds. The van der Waals surface area contributed by atoms with Gasteiger partial charge in [-0.25, -0.2) is 0 Å². The van der Waals surface area contributed by atoms with E-state index in [0.29, 0.717) is 19.1 Å². The molecule has 0 saturated carbocycles. The Hall–Kier alpha value is -1.07. The molecular weight excluding hydrogens is 494 g/mol. The van der Waals surface area contributed by atoms with Crippen LogP contribution in [0.4, 0.5) is 13.2 Å². The van der Waals surface area contributed by atoms with Crippen LogP contribution in [0.3, 0.4) is 0 Å². The van der Waals surface area contributed by atoms with Crippen molar-refractivity contribution < 1.29 is 13.2 Å². The summed E-state index contributed by atoms with van der Waals surface area (Å²) in [6.07, 6.45) is -4.31. The van der Waals surface area contributed by atoms with E-state index in [1.54, 1.807) is 0 Å². The molecule has 1 atom stereocenters. The van der Waals surface area contributed by atoms with E-state index < -0.39 is 11.7 Å². The van der Waals surface area contributed by atoms with E-state index in [9.17, 15) is 13.2 Å². The second-order valence-electron chi connectivity index (χ2n) is 7.43. The van der Waals surface area contributed by atoms with Gasteiger partial charge >= 0.3 is 6.18 Å². The number of benzene rings is 1. The van der Waals surface area contributed by atoms with Crippen molar-refractivity contribution >= 4 is 29.9 Å². The average molecular weight is 527 g/mol. The van der Waals surface area contributed by atoms with Crippen molar-refractivity contribution in [1.29, 1.82) is 0 Å². The van der Waals surface area contributed by atoms with Gasteiger partial charge in [0.1, 0.15) is 0 Å². The van der Waals surface area contributed by atoms with Crippen LogP contribution < -0.4 is 5.32 Å². The second-order valence-corrected chi connectivity index (χ2v) is 7.43. The Kier molecular flexibility index (Phi) is 10.7. The van der Waals surface area contributed by atoms with Gasteiger partial charge in [-0.05, 0) is 38.6 Å². The molecule has 0 radical (unpaired) electrons. The standard InChI is InChI=1S/C20H32F3N5.HI/c1-5-24-19(25-14-16(2)28-12-10-26(3)11-13-28)27(4)15-17-6-8-18(9-7-17)20(21,22)23;/h6-9,16H,5,10-15H2,1-4H3,(H,24,25);1H. The highest BCUT2D eigenvalue weighted by molar-refractivity contribution is 14.0. The number of rotatable bonds is 6. The van der Waals surface area contributed by atoms with Crippen molar-refractivity contribution in [2.75, 3.05) is 53.4 Å². The fraction of sp³-hybridized carbons (Fsp3) is 0.650. The molecule has 5 nitrogen and oxygen atoms in total. The van der Waals surface area contributed by atoms with Crippen LogP contribution in [0.25, 0.3) is 0 Å². The van der Waals surface area contributed by atoms with Crippen LogP contribution in [0.15, 0.2) is 29.3 Å². The van der Waals surface area contributed by atoms with Gasteiger partial charge < -0.3 is 15.1 Å². The van der Waals surface area contributed by atoms with E-state index in [1.807, 2.05) is 18.9 Å². The van der Waals surface area contributed by atoms with Gasteiger partial charge in [-0.1, -0.05) is 12.1 Å². The zero-order chi connectivity index (χ0) is 20.7. The minimum atomic E-state index is -4.31. The first-order valence-electron chi connectivity index (χ1n) is 9.79. The first kappa shape index (κ1) is 26.0. The lowest BCUT2D eigenvalue weighted by molar-refractivity contribution is -0.137. The van der Waals surface area contributed by atoms with Gasteiger partial charge in [0.2, 0.25) is 0 Å². The van der Waals surface area contributed by atoms with Crippen LogP contribution in [0.2, 0.25) is 0 Å². The van der Waals surface area contributed by atoms with Gasteiger partial charge in [-0.3, -0.25) is 9.89 Å². The van der Waals surface area contributed by atoms with Crippen molar-refractivity contribution in [3.63, 3.8) is 0 Å². The molecule has 1 fully saturated rings. The quantitative estimate of drug-likeness (QED) is 0.350. The maximum atomic E-state index is 12.7. The summed E-state index contributed by atoms with van der Waals surface area (Å²) in [4.78, 5) is 11.5. The molecule has 1 unspecified atom stereocenters. The van der Waals surface area contributed by atoms with Crippen molar-refractivity contribution in [1.82, 2.24) is 20.0 Å². The summed E-state index contributed by atoms with van der Waals surface area (Å²) >= 11 is 0.